The van der Waals surface area contributed by atoms with Gasteiger partial charge in [-0.05, 0) is 33.1 Å². The molecule has 0 aliphatic carbocycles. The number of hydrogen-bond acceptors (Lipinski definition) is 4. The molecule has 0 rings (SSSR count). The second-order valence-electron chi connectivity index (χ2n) is 4.64. The number of methoxy groups -OCH3 is 2. The van der Waals surface area contributed by atoms with Crippen LogP contribution in [0.3, 0.4) is 0 Å². The summed E-state index contributed by atoms with van der Waals surface area (Å²) in [6.45, 7) is 3.43. The number of carbonyl (C=O) groups is 2. The summed E-state index contributed by atoms with van der Waals surface area (Å²) in [5.74, 6) is -2.55. The van der Waals surface area contributed by atoms with Gasteiger partial charge in [0.1, 0.15) is 5.78 Å². The maximum atomic E-state index is 11.2. The van der Waals surface area contributed by atoms with Gasteiger partial charge in [0, 0.05) is 27.1 Å². The molecule has 0 heterocycles. The number of ketones is 1. The van der Waals surface area contributed by atoms with E-state index >= 15 is 0 Å². The maximum absolute atomic E-state index is 11.2. The molecule has 0 bridgehead atoms. The van der Waals surface area contributed by atoms with Gasteiger partial charge in [-0.3, -0.25) is 0 Å². The summed E-state index contributed by atoms with van der Waals surface area (Å²) in [5.41, 5.74) is 0.897. The van der Waals surface area contributed by atoms with Crippen LogP contribution in [0.1, 0.15) is 46.0 Å². The first kappa shape index (κ1) is 17.8. The van der Waals surface area contributed by atoms with E-state index in [9.17, 15) is 9.59 Å². The third kappa shape index (κ3) is 6.50. The number of carboxylic acid groups (broad SMARTS) is 1. The van der Waals surface area contributed by atoms with Gasteiger partial charge in [0.15, 0.2) is 0 Å². The van der Waals surface area contributed by atoms with E-state index in [0.717, 1.165) is 24.8 Å². The first-order valence-electron chi connectivity index (χ1n) is 6.36. The van der Waals surface area contributed by atoms with Gasteiger partial charge in [-0.1, -0.05) is 11.6 Å². The van der Waals surface area contributed by atoms with Crippen LogP contribution in [0, 0.1) is 0 Å². The van der Waals surface area contributed by atoms with Gasteiger partial charge < -0.3 is 19.4 Å². The molecule has 0 saturated heterocycles. The summed E-state index contributed by atoms with van der Waals surface area (Å²) in [6, 6.07) is 0. The number of carboxylic acids is 1. The van der Waals surface area contributed by atoms with Crippen molar-refractivity contribution in [3.8, 4) is 0 Å². The van der Waals surface area contributed by atoms with Crippen LogP contribution in [0.2, 0.25) is 0 Å². The topological polar surface area (TPSA) is 72.8 Å². The molecular formula is C14H24O5. The molecule has 0 amide bonds. The molecule has 0 fully saturated rings. The molecule has 1 N–H and O–H groups in total. The van der Waals surface area contributed by atoms with Crippen molar-refractivity contribution < 1.29 is 24.2 Å². The van der Waals surface area contributed by atoms with Crippen molar-refractivity contribution in [2.24, 2.45) is 0 Å². The molecule has 0 spiro atoms. The van der Waals surface area contributed by atoms with Gasteiger partial charge in [-0.15, -0.1) is 0 Å². The van der Waals surface area contributed by atoms with Crippen molar-refractivity contribution in [2.75, 3.05) is 14.2 Å². The molecule has 0 aliphatic rings. The molecule has 5 nitrogen and oxygen atoms in total. The van der Waals surface area contributed by atoms with Crippen molar-refractivity contribution in [2.45, 2.75) is 51.7 Å². The van der Waals surface area contributed by atoms with Gasteiger partial charge in [-0.25, -0.2) is 4.79 Å². The molecule has 110 valence electrons. The monoisotopic (exact) mass is 272 g/mol. The molecule has 0 saturated carbocycles. The van der Waals surface area contributed by atoms with E-state index in [1.165, 1.54) is 14.2 Å². The van der Waals surface area contributed by atoms with Crippen molar-refractivity contribution in [1.82, 2.24) is 0 Å². The Kier molecular flexibility index (Phi) is 8.27. The number of Topliss-reactive ketones (excluding diaryl/α,β-unsaturated/α-hetero) is 1. The van der Waals surface area contributed by atoms with Crippen LogP contribution in [0.4, 0.5) is 0 Å². The quantitative estimate of drug-likeness (QED) is 0.376. The van der Waals surface area contributed by atoms with E-state index < -0.39 is 11.8 Å². The zero-order valence-electron chi connectivity index (χ0n) is 12.2. The summed E-state index contributed by atoms with van der Waals surface area (Å²) < 4.78 is 9.94. The molecule has 0 aromatic carbocycles. The Morgan fingerprint density at radius 2 is 1.74 bits per heavy atom. The maximum Gasteiger partial charge on any atom is 0.364 e. The lowest BCUT2D eigenvalue weighted by Gasteiger charge is -2.26. The van der Waals surface area contributed by atoms with Crippen molar-refractivity contribution >= 4 is 11.8 Å². The lowest BCUT2D eigenvalue weighted by atomic mass is 10.0. The third-order valence-corrected chi connectivity index (χ3v) is 2.97. The Balaban J connectivity index is 4.29. The average molecular weight is 272 g/mol. The molecular weight excluding hydrogens is 248 g/mol. The minimum atomic E-state index is -1.61. The Morgan fingerprint density at radius 1 is 1.16 bits per heavy atom. The van der Waals surface area contributed by atoms with Gasteiger partial charge in [0.2, 0.25) is 0 Å². The standard InChI is InChI=1S/C14H24O5/c1-11(8-6-5-7-9-12(2)15)10-14(18-3,19-4)13(16)17/h8H,5-7,9-10H2,1-4H3,(H,16,17)/b11-8+. The van der Waals surface area contributed by atoms with Crippen molar-refractivity contribution in [3.05, 3.63) is 11.6 Å². The summed E-state index contributed by atoms with van der Waals surface area (Å²) >= 11 is 0. The van der Waals surface area contributed by atoms with Gasteiger partial charge >= 0.3 is 5.97 Å². The molecule has 19 heavy (non-hydrogen) atoms. The fraction of sp³-hybridized carbons (Fsp3) is 0.714. The molecule has 5 heteroatoms. The highest BCUT2D eigenvalue weighted by Gasteiger charge is 2.39. The van der Waals surface area contributed by atoms with Crippen LogP contribution < -0.4 is 0 Å². The molecule has 0 aromatic rings. The second-order valence-corrected chi connectivity index (χ2v) is 4.64. The summed E-state index contributed by atoms with van der Waals surface area (Å²) in [4.78, 5) is 21.9. The lowest BCUT2D eigenvalue weighted by molar-refractivity contribution is -0.224. The SMILES string of the molecule is COC(C/C(C)=C/CCCCC(C)=O)(OC)C(=O)O. The van der Waals surface area contributed by atoms with E-state index in [-0.39, 0.29) is 12.2 Å². The largest absolute Gasteiger partial charge is 0.477 e. The molecule has 0 atom stereocenters. The predicted octanol–water partition coefficient (Wildman–Crippen LogP) is 2.55. The molecule has 0 aromatic heterocycles. The van der Waals surface area contributed by atoms with Crippen molar-refractivity contribution in [3.63, 3.8) is 0 Å². The van der Waals surface area contributed by atoms with Crippen LogP contribution in [0.5, 0.6) is 0 Å². The minimum absolute atomic E-state index is 0.183. The highest BCUT2D eigenvalue weighted by molar-refractivity contribution is 5.76. The predicted molar refractivity (Wildman–Crippen MR) is 71.9 cm³/mol. The minimum Gasteiger partial charge on any atom is -0.477 e. The second kappa shape index (κ2) is 8.82. The average Bonchev–Trinajstić information content (AvgIpc) is 2.34. The smallest absolute Gasteiger partial charge is 0.364 e. The Morgan fingerprint density at radius 3 is 2.16 bits per heavy atom. The van der Waals surface area contributed by atoms with Gasteiger partial charge in [0.05, 0.1) is 0 Å². The van der Waals surface area contributed by atoms with Crippen LogP contribution >= 0.6 is 0 Å². The number of unbranched alkanes of at least 4 members (excludes halogenated alkanes) is 2. The highest BCUT2D eigenvalue weighted by Crippen LogP contribution is 2.22. The zero-order chi connectivity index (χ0) is 14.9. The Bertz CT molecular complexity index is 329. The van der Waals surface area contributed by atoms with Crippen LogP contribution in [0.25, 0.3) is 0 Å². The number of carbonyl (C=O) groups excluding carboxylic acids is 1. The van der Waals surface area contributed by atoms with Crippen LogP contribution in [0.15, 0.2) is 11.6 Å². The fourth-order valence-corrected chi connectivity index (χ4v) is 1.78. The number of hydrogen-bond donors (Lipinski definition) is 1. The van der Waals surface area contributed by atoms with E-state index in [2.05, 4.69) is 0 Å². The van der Waals surface area contributed by atoms with E-state index in [0.29, 0.717) is 6.42 Å². The summed E-state index contributed by atoms with van der Waals surface area (Å²) in [7, 11) is 2.63. The first-order valence-corrected chi connectivity index (χ1v) is 6.36. The molecule has 0 radical (unpaired) electrons. The highest BCUT2D eigenvalue weighted by atomic mass is 16.7. The Hall–Kier alpha value is -1.20. The van der Waals surface area contributed by atoms with E-state index in [1.807, 2.05) is 13.0 Å². The van der Waals surface area contributed by atoms with Gasteiger partial charge in [-0.2, -0.15) is 0 Å². The van der Waals surface area contributed by atoms with Crippen LogP contribution in [-0.4, -0.2) is 36.9 Å². The number of allylic oxidation sites excluding steroid dienone is 1. The Labute approximate surface area is 114 Å². The number of aliphatic carboxylic acids is 1. The first-order chi connectivity index (χ1) is 8.88. The normalized spacial score (nSPS) is 12.5. The van der Waals surface area contributed by atoms with Crippen LogP contribution in [-0.2, 0) is 19.1 Å². The zero-order valence-corrected chi connectivity index (χ0v) is 12.2. The summed E-state index contributed by atoms with van der Waals surface area (Å²) in [6.07, 6.45) is 5.34. The third-order valence-electron chi connectivity index (χ3n) is 2.97. The van der Waals surface area contributed by atoms with Gasteiger partial charge in [0.25, 0.3) is 5.79 Å². The van der Waals surface area contributed by atoms with E-state index in [1.54, 1.807) is 6.92 Å². The number of rotatable bonds is 10. The molecule has 0 unspecified atom stereocenters. The fourth-order valence-electron chi connectivity index (χ4n) is 1.78. The summed E-state index contributed by atoms with van der Waals surface area (Å²) in [5, 5.41) is 9.13. The number of ether oxygens (including phenoxy) is 2. The molecule has 0 aliphatic heterocycles. The van der Waals surface area contributed by atoms with Crippen molar-refractivity contribution in [1.29, 1.82) is 0 Å². The lowest BCUT2D eigenvalue weighted by Crippen LogP contribution is -2.42. The van der Waals surface area contributed by atoms with E-state index in [4.69, 9.17) is 14.6 Å².